The lowest BCUT2D eigenvalue weighted by atomic mass is 10.0. The van der Waals surface area contributed by atoms with E-state index in [9.17, 15) is 0 Å². The van der Waals surface area contributed by atoms with Gasteiger partial charge in [0.25, 0.3) is 0 Å². The molecule has 0 fully saturated rings. The van der Waals surface area contributed by atoms with Gasteiger partial charge < -0.3 is 0 Å². The average molecular weight is 1080 g/mol. The van der Waals surface area contributed by atoms with E-state index in [2.05, 4.69) is 351 Å². The maximum Gasteiger partial charge on any atom is -0.0392 e. The highest BCUT2D eigenvalue weighted by Gasteiger charge is 1.99. The lowest BCUT2D eigenvalue weighted by Crippen LogP contribution is -1.88. The minimum Gasteiger partial charge on any atom is -0.0620 e. The zero-order chi connectivity index (χ0) is 61.7. The zero-order valence-electron chi connectivity index (χ0n) is 56.1. The third-order valence-corrected chi connectivity index (χ3v) is 15.2. The lowest BCUT2D eigenvalue weighted by molar-refractivity contribution is 1.22. The minimum atomic E-state index is 1.33. The van der Waals surface area contributed by atoms with E-state index in [0.717, 1.165) is 0 Å². The second-order valence-corrected chi connectivity index (χ2v) is 23.2. The van der Waals surface area contributed by atoms with Crippen molar-refractivity contribution in [2.75, 3.05) is 0 Å². The molecule has 432 valence electrons. The first-order valence-electron chi connectivity index (χ1n) is 29.2. The summed E-state index contributed by atoms with van der Waals surface area (Å²) >= 11 is 0. The Hall–Kier alpha value is -7.02. The summed E-state index contributed by atoms with van der Waals surface area (Å²) in [6.45, 7) is 57.8. The summed E-state index contributed by atoms with van der Waals surface area (Å²) in [4.78, 5) is 0. The average Bonchev–Trinajstić information content (AvgIpc) is 3.39. The van der Waals surface area contributed by atoms with E-state index in [-0.39, 0.29) is 0 Å². The first-order valence-corrected chi connectivity index (χ1v) is 29.2. The molecule has 0 spiro atoms. The van der Waals surface area contributed by atoms with Crippen LogP contribution in [0.5, 0.6) is 0 Å². The summed E-state index contributed by atoms with van der Waals surface area (Å²) in [6.07, 6.45) is 0. The maximum absolute atomic E-state index is 2.24. The lowest BCUT2D eigenvalue weighted by Gasteiger charge is -2.06. The van der Waals surface area contributed by atoms with Crippen LogP contribution in [0.2, 0.25) is 0 Å². The van der Waals surface area contributed by atoms with Gasteiger partial charge in [0.1, 0.15) is 0 Å². The molecule has 0 nitrogen and oxygen atoms in total. The van der Waals surface area contributed by atoms with Crippen molar-refractivity contribution in [2.45, 2.75) is 187 Å². The smallest absolute Gasteiger partial charge is 0.0392 e. The molecule has 0 unspecified atom stereocenters. The van der Waals surface area contributed by atoms with Gasteiger partial charge in [-0.25, -0.2) is 0 Å². The van der Waals surface area contributed by atoms with Crippen LogP contribution in [0.15, 0.2) is 164 Å². The van der Waals surface area contributed by atoms with Crippen LogP contribution >= 0.6 is 0 Å². The Morgan fingerprint density at radius 2 is 0.346 bits per heavy atom. The second kappa shape index (κ2) is 37.1. The SMILES string of the molecule is Cc1cc(C)c(C)c(C)c1.Cc1cc(C)c(C)cc1C.Cc1cc(C)cc(C)c1.Cc1ccc(C)c(C)c1.Cc1ccc(C)c(C)c1C.Cc1ccc(C)cc1.Cc1cccc(C)c1.Cc1cccc(C)c1C.Cc1ccccc1C. The largest absolute Gasteiger partial charge is 0.0620 e. The van der Waals surface area contributed by atoms with Crippen LogP contribution in [0.3, 0.4) is 0 Å². The normalized spacial score (nSPS) is 9.67. The van der Waals surface area contributed by atoms with Crippen molar-refractivity contribution in [2.24, 2.45) is 0 Å². The van der Waals surface area contributed by atoms with E-state index in [0.29, 0.717) is 0 Å². The molecular weight excluding hydrogens is 973 g/mol. The molecule has 0 saturated heterocycles. The monoisotopic (exact) mass is 1080 g/mol. The van der Waals surface area contributed by atoms with Crippen LogP contribution in [0.4, 0.5) is 0 Å². The summed E-state index contributed by atoms with van der Waals surface area (Å²) in [7, 11) is 0. The highest BCUT2D eigenvalue weighted by atomic mass is 14.1. The van der Waals surface area contributed by atoms with Crippen LogP contribution in [0, 0.1) is 187 Å². The maximum atomic E-state index is 2.24. The van der Waals surface area contributed by atoms with Crippen LogP contribution < -0.4 is 0 Å². The predicted molar refractivity (Wildman–Crippen MR) is 366 cm³/mol. The van der Waals surface area contributed by atoms with Gasteiger partial charge in [-0.1, -0.05) is 214 Å². The first-order chi connectivity index (χ1) is 37.8. The molecule has 0 amide bonds. The summed E-state index contributed by atoms with van der Waals surface area (Å²) in [5.74, 6) is 0. The van der Waals surface area contributed by atoms with Gasteiger partial charge in [0.15, 0.2) is 0 Å². The molecule has 0 aliphatic carbocycles. The Bertz CT molecular complexity index is 3070. The molecule has 0 atom stereocenters. The van der Waals surface area contributed by atoms with Gasteiger partial charge in [0.2, 0.25) is 0 Å². The molecule has 0 radical (unpaired) electrons. The van der Waals surface area contributed by atoms with Gasteiger partial charge in [-0.15, -0.1) is 0 Å². The number of rotatable bonds is 0. The van der Waals surface area contributed by atoms with Gasteiger partial charge in [-0.3, -0.25) is 0 Å². The third-order valence-electron chi connectivity index (χ3n) is 15.2. The van der Waals surface area contributed by atoms with Gasteiger partial charge in [-0.05, 0) is 287 Å². The molecule has 0 aliphatic rings. The van der Waals surface area contributed by atoms with Crippen molar-refractivity contribution in [3.8, 4) is 0 Å². The number of benzene rings is 9. The number of aryl methyl sites for hydroxylation is 23. The van der Waals surface area contributed by atoms with Crippen molar-refractivity contribution >= 4 is 0 Å². The molecule has 9 aromatic rings. The van der Waals surface area contributed by atoms with Crippen LogP contribution in [-0.4, -0.2) is 0 Å². The molecule has 9 rings (SSSR count). The third kappa shape index (κ3) is 29.3. The Morgan fingerprint density at radius 3 is 0.642 bits per heavy atom. The van der Waals surface area contributed by atoms with Crippen LogP contribution in [-0.2, 0) is 0 Å². The summed E-state index contributed by atoms with van der Waals surface area (Å²) in [5.41, 5.74) is 37.2. The minimum absolute atomic E-state index is 1.33. The van der Waals surface area contributed by atoms with E-state index in [1.807, 2.05) is 0 Å². The quantitative estimate of drug-likeness (QED) is 0.142. The summed E-state index contributed by atoms with van der Waals surface area (Å²) < 4.78 is 0. The predicted octanol–water partition coefficient (Wildman–Crippen LogP) is 23.5. The fraction of sp³-hybridized carbons (Fsp3) is 0.333. The van der Waals surface area contributed by atoms with Crippen molar-refractivity contribution in [3.63, 3.8) is 0 Å². The Kier molecular flexibility index (Phi) is 33.0. The van der Waals surface area contributed by atoms with E-state index >= 15 is 0 Å². The van der Waals surface area contributed by atoms with Crippen molar-refractivity contribution in [3.05, 3.63) is 314 Å². The molecule has 0 aliphatic heterocycles. The van der Waals surface area contributed by atoms with Crippen LogP contribution in [0.1, 0.15) is 150 Å². The molecular formula is C81H108. The van der Waals surface area contributed by atoms with Gasteiger partial charge in [0.05, 0.1) is 0 Å². The Balaban J connectivity index is 0.000000456. The molecule has 0 heterocycles. The topological polar surface area (TPSA) is 0 Å². The first kappa shape index (κ1) is 72.0. The van der Waals surface area contributed by atoms with Gasteiger partial charge in [-0.2, -0.15) is 0 Å². The number of hydrogen-bond donors (Lipinski definition) is 0. The van der Waals surface area contributed by atoms with Crippen LogP contribution in [0.25, 0.3) is 0 Å². The molecule has 0 bridgehead atoms. The molecule has 9 aromatic carbocycles. The highest BCUT2D eigenvalue weighted by Crippen LogP contribution is 2.17. The van der Waals surface area contributed by atoms with E-state index < -0.39 is 0 Å². The fourth-order valence-electron chi connectivity index (χ4n) is 8.55. The Labute approximate surface area is 498 Å². The molecule has 0 aromatic heterocycles. The molecule has 0 saturated carbocycles. The van der Waals surface area contributed by atoms with Crippen molar-refractivity contribution in [1.82, 2.24) is 0 Å². The Morgan fingerprint density at radius 1 is 0.123 bits per heavy atom. The molecule has 81 heavy (non-hydrogen) atoms. The van der Waals surface area contributed by atoms with Crippen molar-refractivity contribution < 1.29 is 0 Å². The standard InChI is InChI=1S/3C10H14.3C9H12.3C8H10/c1-7-5-9(3)10(4)6-8(7)2;1-7-5-8(2)10(4)9(3)6-7;1-7-5-6-8(2)10(4)9(7)3;1-7-4-8(2)6-9(3)5-7;1-7-4-5-8(2)9(3)6-7;1-7-5-4-6-8(2)9(7)3;1-7-3-5-8(2)6-4-7;1-7-4-3-5-8(2)6-7;1-7-5-3-4-6-8(7)2/h3*5-6H,1-4H3;3*4-6H,1-3H3;3*3-6H,1-2H3. The number of hydrogen-bond acceptors (Lipinski definition) is 0. The summed E-state index contributed by atoms with van der Waals surface area (Å²) in [5, 5.41) is 0. The van der Waals surface area contributed by atoms with E-state index in [1.54, 1.807) is 0 Å². The van der Waals surface area contributed by atoms with E-state index in [1.165, 1.54) is 150 Å². The second-order valence-electron chi connectivity index (χ2n) is 23.2. The summed E-state index contributed by atoms with van der Waals surface area (Å²) in [6, 6.07) is 58.0. The van der Waals surface area contributed by atoms with E-state index in [4.69, 9.17) is 0 Å². The molecule has 0 heteroatoms. The van der Waals surface area contributed by atoms with Gasteiger partial charge >= 0.3 is 0 Å². The molecule has 0 N–H and O–H groups in total. The highest BCUT2D eigenvalue weighted by molar-refractivity contribution is 5.39. The zero-order valence-corrected chi connectivity index (χ0v) is 56.1. The van der Waals surface area contributed by atoms with Gasteiger partial charge in [0, 0.05) is 0 Å². The van der Waals surface area contributed by atoms with Crippen molar-refractivity contribution in [1.29, 1.82) is 0 Å². The fourth-order valence-corrected chi connectivity index (χ4v) is 8.55.